The van der Waals surface area contributed by atoms with Gasteiger partial charge >= 0.3 is 0 Å². The van der Waals surface area contributed by atoms with Crippen molar-refractivity contribution in [3.05, 3.63) is 34.9 Å². The molecular formula is C17H21NO. The number of anilines is 1. The fourth-order valence-electron chi connectivity index (χ4n) is 3.95. The summed E-state index contributed by atoms with van der Waals surface area (Å²) in [5, 5.41) is 0. The van der Waals surface area contributed by atoms with Crippen LogP contribution in [0, 0.1) is 0 Å². The van der Waals surface area contributed by atoms with Gasteiger partial charge in [0.15, 0.2) is 0 Å². The van der Waals surface area contributed by atoms with Crippen LogP contribution >= 0.6 is 0 Å². The zero-order valence-corrected chi connectivity index (χ0v) is 11.4. The molecule has 1 saturated heterocycles. The fourth-order valence-corrected chi connectivity index (χ4v) is 3.95. The molecule has 2 nitrogen and oxygen atoms in total. The maximum absolute atomic E-state index is 6.04. The maximum atomic E-state index is 6.04. The average Bonchev–Trinajstić information content (AvgIpc) is 2.80. The molecule has 100 valence electrons. The summed E-state index contributed by atoms with van der Waals surface area (Å²) in [6.07, 6.45) is 8.52. The molecule has 1 spiro atoms. The van der Waals surface area contributed by atoms with E-state index in [4.69, 9.17) is 10.5 Å². The largest absolute Gasteiger partial charge is 0.399 e. The van der Waals surface area contributed by atoms with Gasteiger partial charge in [-0.05, 0) is 73.8 Å². The lowest BCUT2D eigenvalue weighted by molar-refractivity contribution is -0.112. The number of fused-ring (bicyclic) bond motifs is 1. The topological polar surface area (TPSA) is 35.2 Å². The molecular weight excluding hydrogens is 234 g/mol. The first-order chi connectivity index (χ1) is 9.26. The van der Waals surface area contributed by atoms with Gasteiger partial charge in [0.1, 0.15) is 0 Å². The van der Waals surface area contributed by atoms with Gasteiger partial charge in [0.2, 0.25) is 0 Å². The number of hydrogen-bond acceptors (Lipinski definition) is 2. The van der Waals surface area contributed by atoms with Crippen molar-refractivity contribution in [3.63, 3.8) is 0 Å². The summed E-state index contributed by atoms with van der Waals surface area (Å²) in [7, 11) is 0. The lowest BCUT2D eigenvalue weighted by atomic mass is 9.73. The molecule has 0 radical (unpaired) electrons. The number of benzene rings is 1. The molecule has 0 amide bonds. The first-order valence-electron chi connectivity index (χ1n) is 7.49. The van der Waals surface area contributed by atoms with Crippen molar-refractivity contribution in [1.82, 2.24) is 0 Å². The molecule has 1 aliphatic heterocycles. The van der Waals surface area contributed by atoms with E-state index in [1.54, 1.807) is 11.1 Å². The Morgan fingerprint density at radius 1 is 1.11 bits per heavy atom. The predicted octanol–water partition coefficient (Wildman–Crippen LogP) is 3.70. The Labute approximate surface area is 114 Å². The van der Waals surface area contributed by atoms with Crippen LogP contribution < -0.4 is 5.73 Å². The van der Waals surface area contributed by atoms with Crippen molar-refractivity contribution in [2.75, 3.05) is 12.3 Å². The maximum Gasteiger partial charge on any atom is 0.0719 e. The van der Waals surface area contributed by atoms with Crippen molar-refractivity contribution in [2.45, 2.75) is 50.5 Å². The molecule has 2 aliphatic carbocycles. The highest BCUT2D eigenvalue weighted by Crippen LogP contribution is 2.47. The lowest BCUT2D eigenvalue weighted by Gasteiger charge is -2.45. The highest BCUT2D eigenvalue weighted by Gasteiger charge is 2.41. The molecule has 2 N–H and O–H groups in total. The standard InChI is InChI=1S/C17H21NO/c18-14-3-5-15-12(10-14)2-4-16(15)13-6-9-19-17(11-13)7-1-8-17/h3,5,10H,1-2,4,6-9,11,18H2. The minimum atomic E-state index is 0.219. The molecule has 0 aromatic heterocycles. The molecule has 3 aliphatic rings. The fraction of sp³-hybridized carbons (Fsp3) is 0.529. The van der Waals surface area contributed by atoms with Gasteiger partial charge in [-0.15, -0.1) is 0 Å². The van der Waals surface area contributed by atoms with E-state index in [0.29, 0.717) is 0 Å². The lowest BCUT2D eigenvalue weighted by Crippen LogP contribution is -2.43. The molecule has 2 heteroatoms. The van der Waals surface area contributed by atoms with E-state index in [9.17, 15) is 0 Å². The smallest absolute Gasteiger partial charge is 0.0719 e. The molecule has 1 aromatic rings. The van der Waals surface area contributed by atoms with Crippen molar-refractivity contribution < 1.29 is 4.74 Å². The van der Waals surface area contributed by atoms with Gasteiger partial charge in [0.05, 0.1) is 12.2 Å². The van der Waals surface area contributed by atoms with E-state index in [1.165, 1.54) is 43.2 Å². The summed E-state index contributed by atoms with van der Waals surface area (Å²) in [4.78, 5) is 0. The third-order valence-corrected chi connectivity index (χ3v) is 5.14. The van der Waals surface area contributed by atoms with Gasteiger partial charge in [-0.25, -0.2) is 0 Å². The minimum Gasteiger partial charge on any atom is -0.399 e. The second-order valence-electron chi connectivity index (χ2n) is 6.31. The van der Waals surface area contributed by atoms with E-state index in [0.717, 1.165) is 25.1 Å². The molecule has 2 fully saturated rings. The highest BCUT2D eigenvalue weighted by atomic mass is 16.5. The molecule has 1 heterocycles. The number of nitrogens with two attached hydrogens (primary N) is 1. The average molecular weight is 255 g/mol. The summed E-state index contributed by atoms with van der Waals surface area (Å²) >= 11 is 0. The normalized spacial score (nSPS) is 28.2. The monoisotopic (exact) mass is 255 g/mol. The predicted molar refractivity (Wildman–Crippen MR) is 77.9 cm³/mol. The van der Waals surface area contributed by atoms with Crippen LogP contribution in [-0.2, 0) is 11.2 Å². The molecule has 0 unspecified atom stereocenters. The van der Waals surface area contributed by atoms with Gasteiger partial charge in [-0.3, -0.25) is 0 Å². The van der Waals surface area contributed by atoms with Crippen LogP contribution in [-0.4, -0.2) is 12.2 Å². The van der Waals surface area contributed by atoms with Crippen LogP contribution in [0.1, 0.15) is 49.7 Å². The SMILES string of the molecule is Nc1ccc2c(c1)CCC2=C1CCOC2(CCC2)C1. The van der Waals surface area contributed by atoms with Gasteiger partial charge in [0.25, 0.3) is 0 Å². The quantitative estimate of drug-likeness (QED) is 0.717. The van der Waals surface area contributed by atoms with Crippen molar-refractivity contribution >= 4 is 11.3 Å². The van der Waals surface area contributed by atoms with E-state index >= 15 is 0 Å². The Balaban J connectivity index is 1.71. The van der Waals surface area contributed by atoms with Crippen LogP contribution in [0.25, 0.3) is 5.57 Å². The van der Waals surface area contributed by atoms with Crippen LogP contribution in [0.3, 0.4) is 0 Å². The Bertz CT molecular complexity index is 554. The number of ether oxygens (including phenoxy) is 1. The Kier molecular flexibility index (Phi) is 2.49. The molecule has 1 aromatic carbocycles. The van der Waals surface area contributed by atoms with E-state index in [-0.39, 0.29) is 5.60 Å². The number of aryl methyl sites for hydroxylation is 1. The summed E-state index contributed by atoms with van der Waals surface area (Å²) in [5.41, 5.74) is 13.2. The number of hydrogen-bond donors (Lipinski definition) is 1. The highest BCUT2D eigenvalue weighted by molar-refractivity contribution is 5.76. The van der Waals surface area contributed by atoms with Gasteiger partial charge in [0, 0.05) is 5.69 Å². The molecule has 19 heavy (non-hydrogen) atoms. The Morgan fingerprint density at radius 2 is 2.00 bits per heavy atom. The number of rotatable bonds is 0. The van der Waals surface area contributed by atoms with Crippen LogP contribution in [0.5, 0.6) is 0 Å². The van der Waals surface area contributed by atoms with Crippen LogP contribution in [0.4, 0.5) is 5.69 Å². The van der Waals surface area contributed by atoms with Gasteiger partial charge in [-0.1, -0.05) is 11.6 Å². The number of nitrogen functional groups attached to an aromatic ring is 1. The molecule has 0 atom stereocenters. The summed E-state index contributed by atoms with van der Waals surface area (Å²) in [6.45, 7) is 0.920. The Hall–Kier alpha value is -1.28. The van der Waals surface area contributed by atoms with E-state index in [2.05, 4.69) is 12.1 Å². The van der Waals surface area contributed by atoms with Gasteiger partial charge < -0.3 is 10.5 Å². The number of allylic oxidation sites excluding steroid dienone is 1. The zero-order chi connectivity index (χ0) is 12.9. The van der Waals surface area contributed by atoms with Crippen LogP contribution in [0.2, 0.25) is 0 Å². The first-order valence-corrected chi connectivity index (χ1v) is 7.49. The second-order valence-corrected chi connectivity index (χ2v) is 6.31. The van der Waals surface area contributed by atoms with Crippen molar-refractivity contribution in [3.8, 4) is 0 Å². The second kappa shape index (κ2) is 4.11. The van der Waals surface area contributed by atoms with E-state index in [1.807, 2.05) is 6.07 Å². The minimum absolute atomic E-state index is 0.219. The Morgan fingerprint density at radius 3 is 2.79 bits per heavy atom. The first kappa shape index (κ1) is 11.5. The zero-order valence-electron chi connectivity index (χ0n) is 11.4. The molecule has 0 bridgehead atoms. The molecule has 4 rings (SSSR count). The third-order valence-electron chi connectivity index (χ3n) is 5.14. The molecule has 1 saturated carbocycles. The van der Waals surface area contributed by atoms with E-state index < -0.39 is 0 Å². The van der Waals surface area contributed by atoms with Crippen molar-refractivity contribution in [1.29, 1.82) is 0 Å². The van der Waals surface area contributed by atoms with Crippen molar-refractivity contribution in [2.24, 2.45) is 0 Å². The summed E-state index contributed by atoms with van der Waals surface area (Å²) in [5.74, 6) is 0. The van der Waals surface area contributed by atoms with Crippen LogP contribution in [0.15, 0.2) is 23.8 Å². The summed E-state index contributed by atoms with van der Waals surface area (Å²) < 4.78 is 6.04. The summed E-state index contributed by atoms with van der Waals surface area (Å²) in [6, 6.07) is 6.42. The third kappa shape index (κ3) is 1.81. The van der Waals surface area contributed by atoms with Gasteiger partial charge in [-0.2, -0.15) is 0 Å².